The highest BCUT2D eigenvalue weighted by atomic mass is 127. The lowest BCUT2D eigenvalue weighted by atomic mass is 10.1. The Kier molecular flexibility index (Phi) is 5.84. The van der Waals surface area contributed by atoms with Crippen molar-refractivity contribution in [3.05, 3.63) is 23.0 Å². The molecule has 2 rings (SSSR count). The molecule has 1 saturated carbocycles. The number of rotatable bonds is 4. The molecule has 1 aromatic rings. The average molecular weight is 376 g/mol. The van der Waals surface area contributed by atoms with Gasteiger partial charge in [-0.15, -0.1) is 24.0 Å². The molecule has 19 heavy (non-hydrogen) atoms. The molecule has 0 saturated heterocycles. The molecule has 6 heteroatoms. The first-order valence-corrected chi connectivity index (χ1v) is 6.17. The van der Waals surface area contributed by atoms with E-state index in [0.29, 0.717) is 18.5 Å². The molecule has 0 spiro atoms. The molecule has 0 unspecified atom stereocenters. The molecule has 5 nitrogen and oxygen atoms in total. The van der Waals surface area contributed by atoms with Crippen molar-refractivity contribution in [3.8, 4) is 5.75 Å². The zero-order valence-electron chi connectivity index (χ0n) is 11.6. The Hall–Kier alpha value is -1.05. The fourth-order valence-electron chi connectivity index (χ4n) is 1.87. The maximum Gasteiger partial charge on any atom is 0.189 e. The Balaban J connectivity index is 0.00000180. The first-order chi connectivity index (χ1) is 8.61. The quantitative estimate of drug-likeness (QED) is 0.478. The van der Waals surface area contributed by atoms with E-state index in [9.17, 15) is 0 Å². The van der Waals surface area contributed by atoms with E-state index in [4.69, 9.17) is 10.5 Å². The summed E-state index contributed by atoms with van der Waals surface area (Å²) >= 11 is 0. The molecule has 1 aliphatic carbocycles. The van der Waals surface area contributed by atoms with Crippen molar-refractivity contribution in [1.29, 1.82) is 0 Å². The molecular formula is C13H21IN4O. The van der Waals surface area contributed by atoms with Crippen LogP contribution in [0.2, 0.25) is 0 Å². The van der Waals surface area contributed by atoms with Crippen molar-refractivity contribution in [3.63, 3.8) is 0 Å². The molecule has 1 heterocycles. The van der Waals surface area contributed by atoms with Gasteiger partial charge in [0.15, 0.2) is 5.96 Å². The molecule has 1 aromatic heterocycles. The number of aliphatic imine (C=N–C) groups is 1. The van der Waals surface area contributed by atoms with Gasteiger partial charge in [0, 0.05) is 23.4 Å². The second-order valence-electron chi connectivity index (χ2n) is 4.67. The van der Waals surface area contributed by atoms with Crippen LogP contribution in [0.4, 0.5) is 0 Å². The molecule has 0 amide bonds. The zero-order chi connectivity index (χ0) is 13.1. The third kappa shape index (κ3) is 4.22. The van der Waals surface area contributed by atoms with Gasteiger partial charge in [-0.1, -0.05) is 0 Å². The summed E-state index contributed by atoms with van der Waals surface area (Å²) < 4.78 is 5.36. The lowest BCUT2D eigenvalue weighted by molar-refractivity contribution is 0.407. The highest BCUT2D eigenvalue weighted by Gasteiger charge is 2.21. The van der Waals surface area contributed by atoms with E-state index >= 15 is 0 Å². The second-order valence-corrected chi connectivity index (χ2v) is 4.67. The van der Waals surface area contributed by atoms with Gasteiger partial charge in [0.2, 0.25) is 0 Å². The minimum absolute atomic E-state index is 0. The predicted molar refractivity (Wildman–Crippen MR) is 87.2 cm³/mol. The van der Waals surface area contributed by atoms with Gasteiger partial charge in [0.25, 0.3) is 0 Å². The molecular weight excluding hydrogens is 355 g/mol. The summed E-state index contributed by atoms with van der Waals surface area (Å²) in [5.74, 6) is 1.38. The monoisotopic (exact) mass is 376 g/mol. The molecule has 0 bridgehead atoms. The van der Waals surface area contributed by atoms with Crippen LogP contribution in [0.1, 0.15) is 29.7 Å². The average Bonchev–Trinajstić information content (AvgIpc) is 3.12. The molecule has 106 valence electrons. The number of halogens is 1. The van der Waals surface area contributed by atoms with Crippen LogP contribution >= 0.6 is 24.0 Å². The van der Waals surface area contributed by atoms with Crippen molar-refractivity contribution in [2.45, 2.75) is 39.3 Å². The minimum atomic E-state index is 0. The minimum Gasteiger partial charge on any atom is -0.496 e. The summed E-state index contributed by atoms with van der Waals surface area (Å²) in [5, 5.41) is 3.15. The summed E-state index contributed by atoms with van der Waals surface area (Å²) in [4.78, 5) is 8.69. The van der Waals surface area contributed by atoms with Crippen LogP contribution in [0.3, 0.4) is 0 Å². The summed E-state index contributed by atoms with van der Waals surface area (Å²) in [5.41, 5.74) is 8.76. The highest BCUT2D eigenvalue weighted by molar-refractivity contribution is 14.0. The van der Waals surface area contributed by atoms with Crippen molar-refractivity contribution in [2.24, 2.45) is 10.7 Å². The van der Waals surface area contributed by atoms with E-state index < -0.39 is 0 Å². The van der Waals surface area contributed by atoms with E-state index in [0.717, 1.165) is 22.6 Å². The van der Waals surface area contributed by atoms with Gasteiger partial charge in [-0.05, 0) is 26.7 Å². The number of nitrogens with two attached hydrogens (primary N) is 1. The Morgan fingerprint density at radius 3 is 2.79 bits per heavy atom. The van der Waals surface area contributed by atoms with Crippen LogP contribution in [0.15, 0.2) is 11.2 Å². The van der Waals surface area contributed by atoms with Crippen LogP contribution in [0.5, 0.6) is 5.75 Å². The number of aromatic nitrogens is 1. The van der Waals surface area contributed by atoms with Crippen LogP contribution in [-0.2, 0) is 6.54 Å². The van der Waals surface area contributed by atoms with Gasteiger partial charge in [0.05, 0.1) is 19.3 Å². The van der Waals surface area contributed by atoms with E-state index in [1.165, 1.54) is 12.8 Å². The van der Waals surface area contributed by atoms with Gasteiger partial charge in [0.1, 0.15) is 5.75 Å². The highest BCUT2D eigenvalue weighted by Crippen LogP contribution is 2.24. The maximum absolute atomic E-state index is 5.79. The van der Waals surface area contributed by atoms with E-state index in [-0.39, 0.29) is 24.0 Å². The SMILES string of the molecule is COc1c(C)cnc(CN=C(N)NC2CC2)c1C.I. The number of nitrogens with one attached hydrogen (secondary N) is 1. The number of nitrogens with zero attached hydrogens (tertiary/aromatic N) is 2. The van der Waals surface area contributed by atoms with Crippen LogP contribution < -0.4 is 15.8 Å². The van der Waals surface area contributed by atoms with Crippen LogP contribution in [0, 0.1) is 13.8 Å². The molecule has 3 N–H and O–H groups in total. The normalized spacial score (nSPS) is 14.8. The van der Waals surface area contributed by atoms with E-state index in [1.54, 1.807) is 13.3 Å². The number of ether oxygens (including phenoxy) is 1. The van der Waals surface area contributed by atoms with Crippen LogP contribution in [-0.4, -0.2) is 24.1 Å². The van der Waals surface area contributed by atoms with Gasteiger partial charge >= 0.3 is 0 Å². The van der Waals surface area contributed by atoms with Gasteiger partial charge in [-0.25, -0.2) is 4.99 Å². The largest absolute Gasteiger partial charge is 0.496 e. The topological polar surface area (TPSA) is 72.5 Å². The third-order valence-corrected chi connectivity index (χ3v) is 3.08. The second kappa shape index (κ2) is 6.93. The Morgan fingerprint density at radius 1 is 1.53 bits per heavy atom. The first kappa shape index (κ1) is 16.0. The first-order valence-electron chi connectivity index (χ1n) is 6.17. The summed E-state index contributed by atoms with van der Waals surface area (Å²) in [6, 6.07) is 0.523. The van der Waals surface area contributed by atoms with Gasteiger partial charge < -0.3 is 15.8 Å². The van der Waals surface area contributed by atoms with Crippen molar-refractivity contribution in [1.82, 2.24) is 10.3 Å². The fraction of sp³-hybridized carbons (Fsp3) is 0.538. The zero-order valence-corrected chi connectivity index (χ0v) is 13.9. The van der Waals surface area contributed by atoms with Gasteiger partial charge in [-0.2, -0.15) is 0 Å². The molecule has 0 aromatic carbocycles. The standard InChI is InChI=1S/C13H20N4O.HI/c1-8-6-15-11(9(2)12(8)18-3)7-16-13(14)17-10-4-5-10;/h6,10H,4-5,7H2,1-3H3,(H3,14,16,17);1H. The third-order valence-electron chi connectivity index (χ3n) is 3.08. The Bertz CT molecular complexity index is 472. The molecule has 0 aliphatic heterocycles. The van der Waals surface area contributed by atoms with E-state index in [1.807, 2.05) is 13.8 Å². The molecule has 0 radical (unpaired) electrons. The van der Waals surface area contributed by atoms with Crippen LogP contribution in [0.25, 0.3) is 0 Å². The number of pyridine rings is 1. The maximum atomic E-state index is 5.79. The summed E-state index contributed by atoms with van der Waals surface area (Å²) in [6.07, 6.45) is 4.18. The number of methoxy groups -OCH3 is 1. The fourth-order valence-corrected chi connectivity index (χ4v) is 1.87. The molecule has 0 atom stereocenters. The predicted octanol–water partition coefficient (Wildman–Crippen LogP) is 1.89. The number of hydrogen-bond donors (Lipinski definition) is 2. The molecule has 1 fully saturated rings. The Labute approximate surface area is 131 Å². The number of aryl methyl sites for hydroxylation is 1. The van der Waals surface area contributed by atoms with Crippen molar-refractivity contribution < 1.29 is 4.74 Å². The number of hydrogen-bond acceptors (Lipinski definition) is 3. The summed E-state index contributed by atoms with van der Waals surface area (Å²) in [6.45, 7) is 4.46. The number of guanidine groups is 1. The van der Waals surface area contributed by atoms with Crippen molar-refractivity contribution in [2.75, 3.05) is 7.11 Å². The van der Waals surface area contributed by atoms with Crippen molar-refractivity contribution >= 4 is 29.9 Å². The molecule has 1 aliphatic rings. The summed E-state index contributed by atoms with van der Waals surface area (Å²) in [7, 11) is 1.67. The van der Waals surface area contributed by atoms with E-state index in [2.05, 4.69) is 15.3 Å². The lowest BCUT2D eigenvalue weighted by Gasteiger charge is -2.11. The van der Waals surface area contributed by atoms with Gasteiger partial charge in [-0.3, -0.25) is 4.98 Å². The lowest BCUT2D eigenvalue weighted by Crippen LogP contribution is -2.33. The smallest absolute Gasteiger partial charge is 0.189 e. The Morgan fingerprint density at radius 2 is 2.21 bits per heavy atom.